The zero-order valence-electron chi connectivity index (χ0n) is 18.6. The largest absolute Gasteiger partial charge is 0.476 e. The summed E-state index contributed by atoms with van der Waals surface area (Å²) in [6.07, 6.45) is 4.94. The highest BCUT2D eigenvalue weighted by Crippen LogP contribution is 2.39. The van der Waals surface area contributed by atoms with Crippen LogP contribution in [0.3, 0.4) is 0 Å². The van der Waals surface area contributed by atoms with Crippen molar-refractivity contribution in [1.29, 1.82) is 0 Å². The smallest absolute Gasteiger partial charge is 0.356 e. The highest BCUT2D eigenvalue weighted by Gasteiger charge is 2.30. The maximum absolute atomic E-state index is 14.0. The molecule has 4 rings (SSSR count). The molecule has 0 spiro atoms. The molecule has 3 aromatic rings. The molecule has 1 fully saturated rings. The average molecular weight is 504 g/mol. The van der Waals surface area contributed by atoms with Crippen LogP contribution in [0.15, 0.2) is 36.4 Å². The summed E-state index contributed by atoms with van der Waals surface area (Å²) in [4.78, 5) is 29.2. The third kappa shape index (κ3) is 4.81. The lowest BCUT2D eigenvalue weighted by Gasteiger charge is -2.24. The van der Waals surface area contributed by atoms with Crippen LogP contribution in [0.1, 0.15) is 59.9 Å². The molecule has 0 radical (unpaired) electrons. The van der Waals surface area contributed by atoms with Crippen molar-refractivity contribution in [3.05, 3.63) is 69.3 Å². The molecule has 0 unspecified atom stereocenters. The molecule has 1 aliphatic rings. The van der Waals surface area contributed by atoms with Crippen molar-refractivity contribution in [2.75, 3.05) is 7.05 Å². The molecule has 2 N–H and O–H groups in total. The third-order valence-corrected chi connectivity index (χ3v) is 6.71. The van der Waals surface area contributed by atoms with Crippen molar-refractivity contribution in [2.24, 2.45) is 0 Å². The highest BCUT2D eigenvalue weighted by atomic mass is 35.5. The number of likely N-dealkylation sites (N-methyl/N-ethyl adjacent to an activating group) is 1. The number of carbonyl (C=O) groups excluding carboxylic acids is 1. The second-order valence-electron chi connectivity index (χ2n) is 8.39. The first-order chi connectivity index (χ1) is 16.3. The maximum Gasteiger partial charge on any atom is 0.356 e. The minimum atomic E-state index is -1.21. The molecule has 9 heteroatoms. The summed E-state index contributed by atoms with van der Waals surface area (Å²) in [5.74, 6) is -1.39. The Bertz CT molecular complexity index is 1250. The quantitative estimate of drug-likeness (QED) is 0.430. The monoisotopic (exact) mass is 503 g/mol. The second-order valence-corrected chi connectivity index (χ2v) is 9.24. The van der Waals surface area contributed by atoms with Gasteiger partial charge in [-0.1, -0.05) is 48.5 Å². The van der Waals surface area contributed by atoms with Crippen LogP contribution in [0.4, 0.5) is 4.39 Å². The minimum absolute atomic E-state index is 0.0309. The number of rotatable bonds is 6. The van der Waals surface area contributed by atoms with Gasteiger partial charge in [0.1, 0.15) is 11.6 Å². The van der Waals surface area contributed by atoms with Gasteiger partial charge in [0.25, 0.3) is 0 Å². The van der Waals surface area contributed by atoms with Crippen molar-refractivity contribution in [3.8, 4) is 16.9 Å². The van der Waals surface area contributed by atoms with E-state index in [1.54, 1.807) is 29.8 Å². The Morgan fingerprint density at radius 2 is 1.88 bits per heavy atom. The van der Waals surface area contributed by atoms with Crippen molar-refractivity contribution in [2.45, 2.75) is 44.4 Å². The van der Waals surface area contributed by atoms with Gasteiger partial charge in [0, 0.05) is 23.6 Å². The van der Waals surface area contributed by atoms with Gasteiger partial charge in [-0.3, -0.25) is 9.36 Å². The lowest BCUT2D eigenvalue weighted by molar-refractivity contribution is -0.119. The molecule has 1 aliphatic carbocycles. The summed E-state index contributed by atoms with van der Waals surface area (Å²) in [7, 11) is 1.55. The normalized spacial score (nSPS) is 14.2. The van der Waals surface area contributed by atoms with Gasteiger partial charge in [-0.05, 0) is 48.7 Å². The number of hydrogen-bond donors (Lipinski definition) is 2. The number of aromatic nitrogens is 2. The number of hydrogen-bond acceptors (Lipinski definition) is 3. The van der Waals surface area contributed by atoms with Gasteiger partial charge in [-0.15, -0.1) is 0 Å². The molecule has 1 aromatic heterocycles. The fourth-order valence-corrected chi connectivity index (χ4v) is 4.88. The molecule has 1 heterocycles. The molecule has 2 aromatic carbocycles. The van der Waals surface area contributed by atoms with Crippen LogP contribution >= 0.6 is 23.2 Å². The van der Waals surface area contributed by atoms with E-state index in [9.17, 15) is 19.1 Å². The topological polar surface area (TPSA) is 84.2 Å². The van der Waals surface area contributed by atoms with Gasteiger partial charge in [-0.25, -0.2) is 14.2 Å². The van der Waals surface area contributed by atoms with Gasteiger partial charge in [-0.2, -0.15) is 0 Å². The molecular formula is C25H24Cl2FN3O3. The van der Waals surface area contributed by atoms with Crippen molar-refractivity contribution >= 4 is 35.1 Å². The fourth-order valence-electron chi connectivity index (χ4n) is 4.53. The first kappa shape index (κ1) is 24.2. The molecule has 34 heavy (non-hydrogen) atoms. The Kier molecular flexibility index (Phi) is 7.24. The van der Waals surface area contributed by atoms with E-state index in [-0.39, 0.29) is 34.7 Å². The Balaban J connectivity index is 2.05. The van der Waals surface area contributed by atoms with Crippen LogP contribution in [-0.2, 0) is 11.2 Å². The lowest BCUT2D eigenvalue weighted by Crippen LogP contribution is -2.21. The number of imidazole rings is 1. The van der Waals surface area contributed by atoms with Crippen LogP contribution in [0.5, 0.6) is 0 Å². The number of aromatic carboxylic acids is 1. The summed E-state index contributed by atoms with van der Waals surface area (Å²) in [6.45, 7) is 0. The van der Waals surface area contributed by atoms with Gasteiger partial charge in [0.05, 0.1) is 22.8 Å². The Hall–Kier alpha value is -2.90. The lowest BCUT2D eigenvalue weighted by atomic mass is 9.88. The van der Waals surface area contributed by atoms with E-state index < -0.39 is 11.8 Å². The molecular weight excluding hydrogens is 480 g/mol. The Morgan fingerprint density at radius 1 is 1.15 bits per heavy atom. The zero-order chi connectivity index (χ0) is 24.4. The van der Waals surface area contributed by atoms with Gasteiger partial charge >= 0.3 is 5.97 Å². The average Bonchev–Trinajstić information content (AvgIpc) is 3.23. The second kappa shape index (κ2) is 10.2. The van der Waals surface area contributed by atoms with Crippen molar-refractivity contribution in [3.63, 3.8) is 0 Å². The predicted octanol–water partition coefficient (Wildman–Crippen LogP) is 6.02. The van der Waals surface area contributed by atoms with E-state index >= 15 is 0 Å². The molecule has 0 bridgehead atoms. The number of benzene rings is 2. The van der Waals surface area contributed by atoms with Crippen molar-refractivity contribution < 1.29 is 19.1 Å². The standard InChI is InChI=1S/C25H24Cl2FN3O3/c1-29-21(32)12-15-7-9-17(26)13-20(15)31-23(16-8-10-19(28)18(27)11-16)22(25(33)34)30-24(31)14-5-3-2-4-6-14/h7-11,13-14H,2-6,12H2,1H3,(H,29,32)(H,33,34). The van der Waals surface area contributed by atoms with E-state index in [1.165, 1.54) is 18.2 Å². The molecule has 178 valence electrons. The summed E-state index contributed by atoms with van der Waals surface area (Å²) < 4.78 is 15.7. The van der Waals surface area contributed by atoms with Crippen LogP contribution < -0.4 is 5.32 Å². The predicted molar refractivity (Wildman–Crippen MR) is 130 cm³/mol. The third-order valence-electron chi connectivity index (χ3n) is 6.19. The van der Waals surface area contributed by atoms with Crippen LogP contribution in [0.2, 0.25) is 10.0 Å². The molecule has 1 amide bonds. The molecule has 0 saturated heterocycles. The van der Waals surface area contributed by atoms with Crippen molar-refractivity contribution in [1.82, 2.24) is 14.9 Å². The van der Waals surface area contributed by atoms with Crippen LogP contribution in [-0.4, -0.2) is 33.6 Å². The number of nitrogens with one attached hydrogen (secondary N) is 1. The summed E-state index contributed by atoms with van der Waals surface area (Å²) >= 11 is 12.4. The molecule has 0 atom stereocenters. The molecule has 0 aliphatic heterocycles. The maximum atomic E-state index is 14.0. The zero-order valence-corrected chi connectivity index (χ0v) is 20.1. The number of carboxylic acids is 1. The Labute approximate surface area is 206 Å². The van der Waals surface area contributed by atoms with E-state index in [2.05, 4.69) is 10.3 Å². The van der Waals surface area contributed by atoms with Gasteiger partial charge in [0.15, 0.2) is 5.69 Å². The van der Waals surface area contributed by atoms with E-state index in [0.717, 1.165) is 32.1 Å². The fraction of sp³-hybridized carbons (Fsp3) is 0.320. The van der Waals surface area contributed by atoms with E-state index in [4.69, 9.17) is 23.2 Å². The SMILES string of the molecule is CNC(=O)Cc1ccc(Cl)cc1-n1c(C2CCCCC2)nc(C(=O)O)c1-c1ccc(F)c(Cl)c1. The molecule has 6 nitrogen and oxygen atoms in total. The highest BCUT2D eigenvalue weighted by molar-refractivity contribution is 6.31. The summed E-state index contributed by atoms with van der Waals surface area (Å²) in [6, 6.07) is 9.21. The number of carbonyl (C=O) groups is 2. The van der Waals surface area contributed by atoms with Gasteiger partial charge < -0.3 is 10.4 Å². The van der Waals surface area contributed by atoms with E-state index in [0.29, 0.717) is 27.7 Å². The first-order valence-electron chi connectivity index (χ1n) is 11.1. The van der Waals surface area contributed by atoms with E-state index in [1.807, 2.05) is 0 Å². The number of halogens is 3. The Morgan fingerprint density at radius 3 is 2.53 bits per heavy atom. The summed E-state index contributed by atoms with van der Waals surface area (Å²) in [5.41, 5.74) is 1.74. The van der Waals surface area contributed by atoms with Gasteiger partial charge in [0.2, 0.25) is 5.91 Å². The number of carboxylic acid groups (broad SMARTS) is 1. The summed E-state index contributed by atoms with van der Waals surface area (Å²) in [5, 5.41) is 13.0. The molecule has 1 saturated carbocycles. The number of nitrogens with zero attached hydrogens (tertiary/aromatic N) is 2. The van der Waals surface area contributed by atoms with Crippen LogP contribution in [0.25, 0.3) is 16.9 Å². The minimum Gasteiger partial charge on any atom is -0.476 e. The first-order valence-corrected chi connectivity index (χ1v) is 11.9. The van der Waals surface area contributed by atoms with Crippen LogP contribution in [0, 0.1) is 5.82 Å². The number of amides is 1.